The van der Waals surface area contributed by atoms with Crippen LogP contribution in [0.4, 0.5) is 5.69 Å². The second kappa shape index (κ2) is 10.4. The molecule has 1 fully saturated rings. The van der Waals surface area contributed by atoms with Crippen LogP contribution in [0.3, 0.4) is 0 Å². The van der Waals surface area contributed by atoms with Gasteiger partial charge in [0.05, 0.1) is 38.9 Å². The molecule has 0 aromatic heterocycles. The van der Waals surface area contributed by atoms with Crippen molar-refractivity contribution in [3.05, 3.63) is 125 Å². The number of carbonyl (C=O) groups is 3. The fraction of sp³-hybridized carbons (Fsp3) is 0.194. The zero-order chi connectivity index (χ0) is 30.6. The summed E-state index contributed by atoms with van der Waals surface area (Å²) in [6, 6.07) is 25.5. The zero-order valence-corrected chi connectivity index (χ0v) is 24.4. The van der Waals surface area contributed by atoms with Crippen LogP contribution in [0, 0.1) is 5.92 Å². The second-order valence-electron chi connectivity index (χ2n) is 11.1. The van der Waals surface area contributed by atoms with Crippen LogP contribution in [0.2, 0.25) is 0 Å². The molecule has 1 amide bonds. The summed E-state index contributed by atoms with van der Waals surface area (Å²) in [5.74, 6) is -0.890. The van der Waals surface area contributed by atoms with Gasteiger partial charge in [0, 0.05) is 17.5 Å². The molecule has 8 nitrogen and oxygen atoms in total. The van der Waals surface area contributed by atoms with E-state index in [9.17, 15) is 9.59 Å². The maximum atomic E-state index is 15.1. The Kier molecular flexibility index (Phi) is 6.50. The molecule has 1 N–H and O–H groups in total. The molecule has 0 unspecified atom stereocenters. The van der Waals surface area contributed by atoms with Crippen molar-refractivity contribution in [2.45, 2.75) is 17.5 Å². The van der Waals surface area contributed by atoms with Gasteiger partial charge in [-0.2, -0.15) is 0 Å². The molecule has 44 heavy (non-hydrogen) atoms. The first kappa shape index (κ1) is 27.5. The third kappa shape index (κ3) is 3.73. The minimum absolute atomic E-state index is 0.305. The molecular weight excluding hydrogens is 556 g/mol. The van der Waals surface area contributed by atoms with Gasteiger partial charge < -0.3 is 24.4 Å². The molecule has 4 atom stereocenters. The number of ketones is 2. The Morgan fingerprint density at radius 2 is 1.48 bits per heavy atom. The van der Waals surface area contributed by atoms with Crippen LogP contribution in [-0.4, -0.2) is 49.7 Å². The lowest BCUT2D eigenvalue weighted by atomic mass is 9.62. The van der Waals surface area contributed by atoms with Crippen molar-refractivity contribution in [2.75, 3.05) is 26.6 Å². The maximum Gasteiger partial charge on any atom is 0.238 e. The van der Waals surface area contributed by atoms with Gasteiger partial charge in [-0.25, -0.2) is 0 Å². The first-order valence-corrected chi connectivity index (χ1v) is 14.3. The molecule has 220 valence electrons. The van der Waals surface area contributed by atoms with Gasteiger partial charge in [-0.15, -0.1) is 0 Å². The minimum Gasteiger partial charge on any atom is -0.496 e. The molecule has 4 aromatic rings. The van der Waals surface area contributed by atoms with E-state index in [2.05, 4.69) is 5.32 Å². The monoisotopic (exact) mass is 586 g/mol. The van der Waals surface area contributed by atoms with Crippen LogP contribution in [0.15, 0.2) is 97.2 Å². The molecule has 1 saturated heterocycles. The highest BCUT2D eigenvalue weighted by Crippen LogP contribution is 2.62. The number of hydrogen-bond donors (Lipinski definition) is 1. The molecule has 4 aromatic carbocycles. The third-order valence-electron chi connectivity index (χ3n) is 9.16. The van der Waals surface area contributed by atoms with E-state index in [4.69, 9.17) is 14.2 Å². The Labute approximate surface area is 254 Å². The Hall–Kier alpha value is -5.37. The summed E-state index contributed by atoms with van der Waals surface area (Å²) in [6.07, 6.45) is 3.78. The van der Waals surface area contributed by atoms with Crippen molar-refractivity contribution in [1.29, 1.82) is 0 Å². The van der Waals surface area contributed by atoms with E-state index in [-0.39, 0.29) is 17.5 Å². The van der Waals surface area contributed by atoms with Crippen LogP contribution < -0.4 is 19.5 Å². The van der Waals surface area contributed by atoms with Crippen molar-refractivity contribution in [2.24, 2.45) is 5.92 Å². The summed E-state index contributed by atoms with van der Waals surface area (Å²) >= 11 is 0. The second-order valence-corrected chi connectivity index (χ2v) is 11.1. The number of amides is 1. The number of anilines is 1. The molecule has 1 spiro atoms. The summed E-state index contributed by atoms with van der Waals surface area (Å²) in [6.45, 7) is 0. The van der Waals surface area contributed by atoms with E-state index in [0.29, 0.717) is 39.6 Å². The number of hydrogen-bond acceptors (Lipinski definition) is 7. The fourth-order valence-corrected chi connectivity index (χ4v) is 7.34. The van der Waals surface area contributed by atoms with Crippen molar-refractivity contribution in [3.8, 4) is 17.2 Å². The Morgan fingerprint density at radius 1 is 0.773 bits per heavy atom. The zero-order valence-electron chi connectivity index (χ0n) is 24.4. The van der Waals surface area contributed by atoms with E-state index in [1.54, 1.807) is 42.5 Å². The molecule has 3 heterocycles. The standard InChI is InChI=1S/C36H30N2O6/c1-42-27-15-9-6-12-24(27)33(40)31-30(32(39)22-16-17-28(43-2)29(20-22)44-3)36(25-13-7-8-14-26(25)37-35(36)41)34-23-11-5-4-10-21(23)18-19-38(31)34/h4-20,30-31,34H,1-3H3,(H,37,41)/t30-,31+,34-,36-/m0/s1. The van der Waals surface area contributed by atoms with Crippen molar-refractivity contribution < 1.29 is 28.6 Å². The van der Waals surface area contributed by atoms with Gasteiger partial charge in [-0.3, -0.25) is 14.4 Å². The van der Waals surface area contributed by atoms with Crippen LogP contribution in [0.25, 0.3) is 6.08 Å². The predicted octanol–water partition coefficient (Wildman–Crippen LogP) is 5.69. The average Bonchev–Trinajstić information content (AvgIpc) is 3.55. The summed E-state index contributed by atoms with van der Waals surface area (Å²) in [5.41, 5.74) is 2.29. The molecule has 7 rings (SSSR count). The molecule has 0 aliphatic carbocycles. The third-order valence-corrected chi connectivity index (χ3v) is 9.16. The van der Waals surface area contributed by atoms with E-state index in [0.717, 1.165) is 11.1 Å². The lowest BCUT2D eigenvalue weighted by Gasteiger charge is -2.38. The number of carbonyl (C=O) groups excluding carboxylic acids is 3. The van der Waals surface area contributed by atoms with Gasteiger partial charge in [0.15, 0.2) is 23.1 Å². The molecule has 3 aliphatic rings. The number of fused-ring (bicyclic) bond motifs is 6. The highest BCUT2D eigenvalue weighted by molar-refractivity contribution is 6.17. The Morgan fingerprint density at radius 3 is 2.27 bits per heavy atom. The Balaban J connectivity index is 1.53. The summed E-state index contributed by atoms with van der Waals surface area (Å²) < 4.78 is 16.6. The van der Waals surface area contributed by atoms with Gasteiger partial charge in [0.1, 0.15) is 17.2 Å². The highest BCUT2D eigenvalue weighted by Gasteiger charge is 2.70. The number of ether oxygens (including phenoxy) is 3. The lowest BCUT2D eigenvalue weighted by Crippen LogP contribution is -2.49. The number of nitrogens with zero attached hydrogens (tertiary/aromatic N) is 1. The molecule has 0 radical (unpaired) electrons. The van der Waals surface area contributed by atoms with Crippen molar-refractivity contribution in [1.82, 2.24) is 4.90 Å². The van der Waals surface area contributed by atoms with Crippen molar-refractivity contribution >= 4 is 29.2 Å². The topological polar surface area (TPSA) is 94.2 Å². The molecule has 8 heteroatoms. The van der Waals surface area contributed by atoms with Gasteiger partial charge in [0.25, 0.3) is 0 Å². The summed E-state index contributed by atoms with van der Waals surface area (Å²) in [5, 5.41) is 3.07. The van der Waals surface area contributed by atoms with Gasteiger partial charge in [-0.05, 0) is 59.2 Å². The van der Waals surface area contributed by atoms with Gasteiger partial charge in [-0.1, -0.05) is 54.6 Å². The molecule has 3 aliphatic heterocycles. The highest BCUT2D eigenvalue weighted by atomic mass is 16.5. The minimum atomic E-state index is -1.44. The van der Waals surface area contributed by atoms with Gasteiger partial charge in [0.2, 0.25) is 5.91 Å². The van der Waals surface area contributed by atoms with Crippen LogP contribution in [-0.2, 0) is 10.2 Å². The predicted molar refractivity (Wildman–Crippen MR) is 165 cm³/mol. The van der Waals surface area contributed by atoms with Crippen LogP contribution in [0.1, 0.15) is 43.4 Å². The number of para-hydroxylation sites is 2. The normalized spacial score (nSPS) is 22.6. The SMILES string of the molecule is COc1ccc(C(=O)[C@@H]2[C@H](C(=O)c3ccccc3OC)N3C=Cc4ccccc4[C@H]3[C@@]23C(=O)Nc2ccccc23)cc1OC. The molecular formula is C36H30N2O6. The summed E-state index contributed by atoms with van der Waals surface area (Å²) in [7, 11) is 4.53. The molecule has 0 saturated carbocycles. The fourth-order valence-electron chi connectivity index (χ4n) is 7.34. The number of methoxy groups -OCH3 is 3. The smallest absolute Gasteiger partial charge is 0.238 e. The number of rotatable bonds is 7. The van der Waals surface area contributed by atoms with Crippen molar-refractivity contribution in [3.63, 3.8) is 0 Å². The maximum absolute atomic E-state index is 15.1. The number of nitrogens with one attached hydrogen (secondary N) is 1. The quantitative estimate of drug-likeness (QED) is 0.278. The number of benzene rings is 4. The Bertz CT molecular complexity index is 1870. The largest absolute Gasteiger partial charge is 0.496 e. The first-order valence-electron chi connectivity index (χ1n) is 14.3. The van der Waals surface area contributed by atoms with Gasteiger partial charge >= 0.3 is 0 Å². The van der Waals surface area contributed by atoms with Crippen LogP contribution in [0.5, 0.6) is 17.2 Å². The first-order chi connectivity index (χ1) is 21.4. The average molecular weight is 587 g/mol. The summed E-state index contributed by atoms with van der Waals surface area (Å²) in [4.78, 5) is 46.4. The number of Topliss-reactive ketones (excluding diaryl/α,β-unsaturated/α-hetero) is 2. The molecule has 0 bridgehead atoms. The van der Waals surface area contributed by atoms with Crippen LogP contribution >= 0.6 is 0 Å². The van der Waals surface area contributed by atoms with E-state index in [1.807, 2.05) is 65.7 Å². The van der Waals surface area contributed by atoms with E-state index < -0.39 is 23.4 Å². The lowest BCUT2D eigenvalue weighted by molar-refractivity contribution is -0.122. The van der Waals surface area contributed by atoms with E-state index >= 15 is 4.79 Å². The van der Waals surface area contributed by atoms with E-state index in [1.165, 1.54) is 21.3 Å².